The van der Waals surface area contributed by atoms with Gasteiger partial charge in [0.05, 0.1) is 0 Å². The molecule has 1 aromatic heterocycles. The van der Waals surface area contributed by atoms with Gasteiger partial charge in [0.2, 0.25) is 0 Å². The first-order valence-electron chi connectivity index (χ1n) is 15.5. The molecule has 46 heavy (non-hydrogen) atoms. The van der Waals surface area contributed by atoms with Crippen molar-refractivity contribution in [2.24, 2.45) is 0 Å². The van der Waals surface area contributed by atoms with Gasteiger partial charge in [0.1, 0.15) is 0 Å². The first kappa shape index (κ1) is 26.2. The van der Waals surface area contributed by atoms with Crippen molar-refractivity contribution in [3.05, 3.63) is 164 Å². The Kier molecular flexibility index (Phi) is 6.14. The van der Waals surface area contributed by atoms with E-state index in [0.29, 0.717) is 17.5 Å². The van der Waals surface area contributed by atoms with Crippen LogP contribution in [0.25, 0.3) is 88.4 Å². The van der Waals surface area contributed by atoms with Crippen LogP contribution in [0.2, 0.25) is 0 Å². The van der Waals surface area contributed by atoms with Gasteiger partial charge < -0.3 is 0 Å². The summed E-state index contributed by atoms with van der Waals surface area (Å²) in [6.45, 7) is 0. The van der Waals surface area contributed by atoms with Crippen molar-refractivity contribution in [2.75, 3.05) is 0 Å². The average Bonchev–Trinajstić information content (AvgIpc) is 3.14. The average molecular weight is 586 g/mol. The zero-order chi connectivity index (χ0) is 30.5. The molecule has 0 unspecified atom stereocenters. The summed E-state index contributed by atoms with van der Waals surface area (Å²) in [4.78, 5) is 14.7. The Morgan fingerprint density at radius 2 is 0.761 bits per heavy atom. The van der Waals surface area contributed by atoms with E-state index in [4.69, 9.17) is 15.0 Å². The summed E-state index contributed by atoms with van der Waals surface area (Å²) in [5.41, 5.74) is 5.23. The van der Waals surface area contributed by atoms with Gasteiger partial charge in [0, 0.05) is 16.7 Å². The topological polar surface area (TPSA) is 38.7 Å². The van der Waals surface area contributed by atoms with Crippen molar-refractivity contribution in [2.45, 2.75) is 0 Å². The lowest BCUT2D eigenvalue weighted by molar-refractivity contribution is 1.07. The first-order chi connectivity index (χ1) is 22.8. The standard InChI is InChI=1S/C43H27N3/c1-3-12-30(13-4-1)41-44-42(31-14-5-2-6-15-31)46-43(45-41)32-21-19-29(20-22-32)39-27-33-16-8-10-18-35(33)40-37-24-23-28-11-7-9-17-34(28)36(37)25-26-38(39)40/h1-27H. The van der Waals surface area contributed by atoms with Gasteiger partial charge >= 0.3 is 0 Å². The van der Waals surface area contributed by atoms with E-state index < -0.39 is 0 Å². The van der Waals surface area contributed by atoms with Crippen LogP contribution in [0.1, 0.15) is 0 Å². The second kappa shape index (κ2) is 10.8. The Labute approximate surface area is 266 Å². The molecule has 0 aliphatic rings. The molecule has 3 nitrogen and oxygen atoms in total. The highest BCUT2D eigenvalue weighted by molar-refractivity contribution is 6.27. The van der Waals surface area contributed by atoms with Crippen LogP contribution < -0.4 is 0 Å². The Hall–Kier alpha value is -6.19. The van der Waals surface area contributed by atoms with E-state index in [1.807, 2.05) is 60.7 Å². The van der Waals surface area contributed by atoms with Gasteiger partial charge in [-0.3, -0.25) is 0 Å². The molecular formula is C43H27N3. The minimum Gasteiger partial charge on any atom is -0.208 e. The van der Waals surface area contributed by atoms with Gasteiger partial charge in [-0.15, -0.1) is 0 Å². The van der Waals surface area contributed by atoms with E-state index in [-0.39, 0.29) is 0 Å². The lowest BCUT2D eigenvalue weighted by Crippen LogP contribution is -2.00. The quantitative estimate of drug-likeness (QED) is 0.193. The molecule has 0 bridgehead atoms. The molecule has 8 aromatic carbocycles. The Balaban J connectivity index is 1.21. The van der Waals surface area contributed by atoms with Crippen molar-refractivity contribution >= 4 is 43.1 Å². The molecule has 0 fully saturated rings. The van der Waals surface area contributed by atoms with Crippen LogP contribution >= 0.6 is 0 Å². The van der Waals surface area contributed by atoms with Gasteiger partial charge in [-0.1, -0.05) is 158 Å². The first-order valence-corrected chi connectivity index (χ1v) is 15.5. The summed E-state index contributed by atoms with van der Waals surface area (Å²) >= 11 is 0. The number of nitrogens with zero attached hydrogens (tertiary/aromatic N) is 3. The van der Waals surface area contributed by atoms with E-state index in [2.05, 4.69) is 103 Å². The summed E-state index contributed by atoms with van der Waals surface area (Å²) in [6.07, 6.45) is 0. The maximum atomic E-state index is 4.93. The van der Waals surface area contributed by atoms with E-state index in [1.54, 1.807) is 0 Å². The Morgan fingerprint density at radius 1 is 0.283 bits per heavy atom. The lowest BCUT2D eigenvalue weighted by Gasteiger charge is -2.15. The molecule has 0 N–H and O–H groups in total. The summed E-state index contributed by atoms with van der Waals surface area (Å²) in [6, 6.07) is 57.6. The van der Waals surface area contributed by atoms with Crippen molar-refractivity contribution in [3.63, 3.8) is 0 Å². The Bertz CT molecular complexity index is 2500. The monoisotopic (exact) mass is 585 g/mol. The molecular weight excluding hydrogens is 558 g/mol. The summed E-state index contributed by atoms with van der Waals surface area (Å²) in [5, 5.41) is 10.1. The lowest BCUT2D eigenvalue weighted by atomic mass is 9.89. The molecule has 0 amide bonds. The Morgan fingerprint density at radius 3 is 1.41 bits per heavy atom. The smallest absolute Gasteiger partial charge is 0.164 e. The molecule has 214 valence electrons. The zero-order valence-corrected chi connectivity index (χ0v) is 24.9. The third-order valence-electron chi connectivity index (χ3n) is 8.90. The molecule has 0 radical (unpaired) electrons. The molecule has 1 heterocycles. The number of rotatable bonds is 4. The molecule has 0 aliphatic heterocycles. The summed E-state index contributed by atoms with van der Waals surface area (Å²) in [5.74, 6) is 1.97. The van der Waals surface area contributed by atoms with Crippen LogP contribution in [-0.2, 0) is 0 Å². The molecule has 0 atom stereocenters. The fraction of sp³-hybridized carbons (Fsp3) is 0. The predicted octanol–water partition coefficient (Wildman–Crippen LogP) is 11.2. The van der Waals surface area contributed by atoms with Crippen LogP contribution in [0.3, 0.4) is 0 Å². The maximum Gasteiger partial charge on any atom is 0.164 e. The van der Waals surface area contributed by atoms with Gasteiger partial charge in [-0.05, 0) is 60.3 Å². The molecule has 0 spiro atoms. The minimum absolute atomic E-state index is 0.653. The largest absolute Gasteiger partial charge is 0.208 e. The highest BCUT2D eigenvalue weighted by Gasteiger charge is 2.15. The van der Waals surface area contributed by atoms with Crippen LogP contribution in [-0.4, -0.2) is 15.0 Å². The molecule has 9 rings (SSSR count). The van der Waals surface area contributed by atoms with Crippen LogP contribution in [0.5, 0.6) is 0 Å². The molecule has 0 saturated heterocycles. The summed E-state index contributed by atoms with van der Waals surface area (Å²) in [7, 11) is 0. The molecule has 3 heteroatoms. The third-order valence-corrected chi connectivity index (χ3v) is 8.90. The summed E-state index contributed by atoms with van der Waals surface area (Å²) < 4.78 is 0. The van der Waals surface area contributed by atoms with Gasteiger partial charge in [0.25, 0.3) is 0 Å². The van der Waals surface area contributed by atoms with Crippen LogP contribution in [0.15, 0.2) is 164 Å². The van der Waals surface area contributed by atoms with E-state index >= 15 is 0 Å². The fourth-order valence-corrected chi connectivity index (χ4v) is 6.66. The number of fused-ring (bicyclic) bond motifs is 7. The van der Waals surface area contributed by atoms with Gasteiger partial charge in [-0.2, -0.15) is 0 Å². The molecule has 0 aliphatic carbocycles. The second-order valence-electron chi connectivity index (χ2n) is 11.6. The number of hydrogen-bond acceptors (Lipinski definition) is 3. The van der Waals surface area contributed by atoms with E-state index in [1.165, 1.54) is 48.7 Å². The van der Waals surface area contributed by atoms with E-state index in [9.17, 15) is 0 Å². The van der Waals surface area contributed by atoms with Gasteiger partial charge in [0.15, 0.2) is 17.5 Å². The molecule has 0 saturated carbocycles. The highest BCUT2D eigenvalue weighted by atomic mass is 15.0. The van der Waals surface area contributed by atoms with Gasteiger partial charge in [-0.25, -0.2) is 15.0 Å². The second-order valence-corrected chi connectivity index (χ2v) is 11.6. The van der Waals surface area contributed by atoms with Crippen molar-refractivity contribution in [1.82, 2.24) is 15.0 Å². The normalized spacial score (nSPS) is 11.5. The predicted molar refractivity (Wildman–Crippen MR) is 192 cm³/mol. The minimum atomic E-state index is 0.653. The number of aromatic nitrogens is 3. The molecule has 9 aromatic rings. The SMILES string of the molecule is c1ccc(-c2nc(-c3ccccc3)nc(-c3ccc(-c4cc5ccccc5c5c4ccc4c6ccccc6ccc45)cc3)n2)cc1. The zero-order valence-electron chi connectivity index (χ0n) is 24.9. The number of hydrogen-bond donors (Lipinski definition) is 0. The van der Waals surface area contributed by atoms with Crippen molar-refractivity contribution < 1.29 is 0 Å². The van der Waals surface area contributed by atoms with Crippen molar-refractivity contribution in [1.29, 1.82) is 0 Å². The third kappa shape index (κ3) is 4.41. The number of benzene rings is 8. The highest BCUT2D eigenvalue weighted by Crippen LogP contribution is 2.41. The maximum absolute atomic E-state index is 4.93. The fourth-order valence-electron chi connectivity index (χ4n) is 6.66. The van der Waals surface area contributed by atoms with Crippen LogP contribution in [0, 0.1) is 0 Å². The van der Waals surface area contributed by atoms with Crippen molar-refractivity contribution in [3.8, 4) is 45.3 Å². The van der Waals surface area contributed by atoms with Crippen LogP contribution in [0.4, 0.5) is 0 Å². The van der Waals surface area contributed by atoms with E-state index in [0.717, 1.165) is 22.3 Å².